The molecule has 1 amide bonds. The summed E-state index contributed by atoms with van der Waals surface area (Å²) in [4.78, 5) is 22.8. The van der Waals surface area contributed by atoms with E-state index in [1.165, 1.54) is 5.56 Å². The molecule has 27 heavy (non-hydrogen) atoms. The topological polar surface area (TPSA) is 61.0 Å². The smallest absolute Gasteiger partial charge is 0.268 e. The van der Waals surface area contributed by atoms with Crippen LogP contribution in [-0.2, 0) is 0 Å². The maximum absolute atomic E-state index is 12.7. The number of benzene rings is 1. The monoisotopic (exact) mass is 362 g/mol. The predicted octanol–water partition coefficient (Wildman–Crippen LogP) is 3.83. The summed E-state index contributed by atoms with van der Waals surface area (Å²) >= 11 is 0. The average Bonchev–Trinajstić information content (AvgIpc) is 3.03. The van der Waals surface area contributed by atoms with Gasteiger partial charge in [-0.3, -0.25) is 4.79 Å². The van der Waals surface area contributed by atoms with Gasteiger partial charge in [-0.15, -0.1) is 0 Å². The highest BCUT2D eigenvalue weighted by Gasteiger charge is 2.22. The van der Waals surface area contributed by atoms with Gasteiger partial charge < -0.3 is 15.2 Å². The molecule has 0 unspecified atom stereocenters. The number of carbonyl (C=O) groups excluding carboxylic acids is 1. The number of H-pyrrole nitrogens is 1. The van der Waals surface area contributed by atoms with Crippen molar-refractivity contribution < 1.29 is 4.79 Å². The number of fused-ring (bicyclic) bond motifs is 1. The molecule has 0 spiro atoms. The molecule has 0 aliphatic carbocycles. The molecule has 1 aliphatic heterocycles. The minimum absolute atomic E-state index is 0.0173. The summed E-state index contributed by atoms with van der Waals surface area (Å²) < 4.78 is 0. The number of hydrogen-bond acceptors (Lipinski definition) is 3. The normalized spacial score (nSPS) is 17.3. The molecule has 1 saturated heterocycles. The van der Waals surface area contributed by atoms with Crippen LogP contribution in [-0.4, -0.2) is 35.5 Å². The number of aryl methyl sites for hydroxylation is 2. The zero-order valence-corrected chi connectivity index (χ0v) is 16.0. The highest BCUT2D eigenvalue weighted by atomic mass is 16.1. The van der Waals surface area contributed by atoms with Gasteiger partial charge in [-0.1, -0.05) is 17.7 Å². The fourth-order valence-electron chi connectivity index (χ4n) is 3.97. The first-order valence-electron chi connectivity index (χ1n) is 9.65. The van der Waals surface area contributed by atoms with Crippen molar-refractivity contribution in [3.05, 3.63) is 59.4 Å². The SMILES string of the molecule is Cc1ccc2[nH]c(C(=O)NC[C@@H]3CCCN(c4ccccn4)C3)c(C)c2c1. The van der Waals surface area contributed by atoms with Crippen LogP contribution in [0.3, 0.4) is 0 Å². The molecule has 1 atom stereocenters. The molecule has 0 radical (unpaired) electrons. The van der Waals surface area contributed by atoms with Crippen LogP contribution >= 0.6 is 0 Å². The maximum Gasteiger partial charge on any atom is 0.268 e. The van der Waals surface area contributed by atoms with Gasteiger partial charge in [0.05, 0.1) is 0 Å². The zero-order chi connectivity index (χ0) is 18.8. The lowest BCUT2D eigenvalue weighted by Crippen LogP contribution is -2.41. The van der Waals surface area contributed by atoms with Gasteiger partial charge in [0, 0.05) is 36.7 Å². The van der Waals surface area contributed by atoms with E-state index in [-0.39, 0.29) is 5.91 Å². The van der Waals surface area contributed by atoms with Crippen LogP contribution in [0, 0.1) is 19.8 Å². The second-order valence-electron chi connectivity index (χ2n) is 7.53. The van der Waals surface area contributed by atoms with Crippen molar-refractivity contribution in [3.63, 3.8) is 0 Å². The number of pyridine rings is 1. The van der Waals surface area contributed by atoms with E-state index in [4.69, 9.17) is 0 Å². The van der Waals surface area contributed by atoms with Crippen LogP contribution in [0.5, 0.6) is 0 Å². The number of nitrogens with one attached hydrogen (secondary N) is 2. The fraction of sp³-hybridized carbons (Fsp3) is 0.364. The molecule has 3 heterocycles. The van der Waals surface area contributed by atoms with Gasteiger partial charge in [-0.2, -0.15) is 0 Å². The molecule has 0 saturated carbocycles. The fourth-order valence-corrected chi connectivity index (χ4v) is 3.97. The highest BCUT2D eigenvalue weighted by molar-refractivity contribution is 6.01. The molecule has 140 valence electrons. The molecule has 0 bridgehead atoms. The van der Waals surface area contributed by atoms with Gasteiger partial charge in [-0.25, -0.2) is 4.98 Å². The summed E-state index contributed by atoms with van der Waals surface area (Å²) in [7, 11) is 0. The standard InChI is InChI=1S/C22H26N4O/c1-15-8-9-19-18(12-15)16(2)21(25-19)22(27)24-13-17-6-5-11-26(14-17)20-7-3-4-10-23-20/h3-4,7-10,12,17,25H,5-6,11,13-14H2,1-2H3,(H,24,27)/t17-/m0/s1. The molecule has 1 fully saturated rings. The van der Waals surface area contributed by atoms with Gasteiger partial charge in [0.25, 0.3) is 5.91 Å². The Hall–Kier alpha value is -2.82. The van der Waals surface area contributed by atoms with Crippen LogP contribution in [0.4, 0.5) is 5.82 Å². The lowest BCUT2D eigenvalue weighted by atomic mass is 9.98. The Morgan fingerprint density at radius 2 is 2.19 bits per heavy atom. The minimum Gasteiger partial charge on any atom is -0.356 e. The lowest BCUT2D eigenvalue weighted by molar-refractivity contribution is 0.0941. The minimum atomic E-state index is -0.0173. The van der Waals surface area contributed by atoms with Crippen LogP contribution in [0.25, 0.3) is 10.9 Å². The molecule has 1 aliphatic rings. The predicted molar refractivity (Wildman–Crippen MR) is 109 cm³/mol. The zero-order valence-electron chi connectivity index (χ0n) is 16.0. The van der Waals surface area contributed by atoms with Gasteiger partial charge in [-0.05, 0) is 62.4 Å². The van der Waals surface area contributed by atoms with E-state index in [0.29, 0.717) is 18.2 Å². The molecule has 5 nitrogen and oxygen atoms in total. The Labute approximate surface area is 159 Å². The molecule has 5 heteroatoms. The van der Waals surface area contributed by atoms with Crippen molar-refractivity contribution in [2.24, 2.45) is 5.92 Å². The molecule has 2 N–H and O–H groups in total. The van der Waals surface area contributed by atoms with E-state index in [2.05, 4.69) is 45.3 Å². The van der Waals surface area contributed by atoms with E-state index in [0.717, 1.165) is 48.2 Å². The number of aromatic amines is 1. The summed E-state index contributed by atoms with van der Waals surface area (Å²) in [6, 6.07) is 12.2. The average molecular weight is 362 g/mol. The Morgan fingerprint density at radius 1 is 1.30 bits per heavy atom. The van der Waals surface area contributed by atoms with Crippen molar-refractivity contribution in [2.45, 2.75) is 26.7 Å². The van der Waals surface area contributed by atoms with Crippen LogP contribution in [0.15, 0.2) is 42.6 Å². The number of anilines is 1. The Bertz CT molecular complexity index is 948. The molecule has 2 aromatic heterocycles. The van der Waals surface area contributed by atoms with Gasteiger partial charge in [0.15, 0.2) is 0 Å². The number of aromatic nitrogens is 2. The number of amides is 1. The van der Waals surface area contributed by atoms with Crippen molar-refractivity contribution in [1.29, 1.82) is 0 Å². The maximum atomic E-state index is 12.7. The number of piperidine rings is 1. The van der Waals surface area contributed by atoms with Crippen LogP contribution < -0.4 is 10.2 Å². The molecule has 1 aromatic carbocycles. The lowest BCUT2D eigenvalue weighted by Gasteiger charge is -2.33. The van der Waals surface area contributed by atoms with E-state index in [1.54, 1.807) is 0 Å². The Kier molecular flexibility index (Phi) is 4.84. The number of carbonyl (C=O) groups is 1. The van der Waals surface area contributed by atoms with Gasteiger partial charge in [0.2, 0.25) is 0 Å². The first kappa shape index (κ1) is 17.6. The quantitative estimate of drug-likeness (QED) is 0.742. The third-order valence-corrected chi connectivity index (χ3v) is 5.48. The van der Waals surface area contributed by atoms with Crippen molar-refractivity contribution >= 4 is 22.6 Å². The number of hydrogen-bond donors (Lipinski definition) is 2. The summed E-state index contributed by atoms with van der Waals surface area (Å²) in [5, 5.41) is 4.26. The molecule has 4 rings (SSSR count). The van der Waals surface area contributed by atoms with Crippen molar-refractivity contribution in [1.82, 2.24) is 15.3 Å². The highest BCUT2D eigenvalue weighted by Crippen LogP contribution is 2.24. The second kappa shape index (κ2) is 7.43. The molecule has 3 aromatic rings. The summed E-state index contributed by atoms with van der Waals surface area (Å²) in [5.74, 6) is 1.45. The summed E-state index contributed by atoms with van der Waals surface area (Å²) in [5.41, 5.74) is 3.91. The first-order valence-corrected chi connectivity index (χ1v) is 9.65. The van der Waals surface area contributed by atoms with Crippen molar-refractivity contribution in [3.8, 4) is 0 Å². The summed E-state index contributed by atoms with van der Waals surface area (Å²) in [6.45, 7) is 6.73. The third-order valence-electron chi connectivity index (χ3n) is 5.48. The number of rotatable bonds is 4. The Balaban J connectivity index is 1.41. The van der Waals surface area contributed by atoms with Gasteiger partial charge >= 0.3 is 0 Å². The third kappa shape index (κ3) is 3.68. The molecular formula is C22H26N4O. The largest absolute Gasteiger partial charge is 0.356 e. The number of nitrogens with zero attached hydrogens (tertiary/aromatic N) is 2. The second-order valence-corrected chi connectivity index (χ2v) is 7.53. The Morgan fingerprint density at radius 3 is 3.00 bits per heavy atom. The van der Waals surface area contributed by atoms with Crippen LogP contribution in [0.1, 0.15) is 34.5 Å². The molecular weight excluding hydrogens is 336 g/mol. The first-order chi connectivity index (χ1) is 13.1. The van der Waals surface area contributed by atoms with E-state index in [1.807, 2.05) is 31.3 Å². The van der Waals surface area contributed by atoms with E-state index >= 15 is 0 Å². The van der Waals surface area contributed by atoms with Crippen molar-refractivity contribution in [2.75, 3.05) is 24.5 Å². The van der Waals surface area contributed by atoms with E-state index < -0.39 is 0 Å². The summed E-state index contributed by atoms with van der Waals surface area (Å²) in [6.07, 6.45) is 4.09. The van der Waals surface area contributed by atoms with Crippen LogP contribution in [0.2, 0.25) is 0 Å². The van der Waals surface area contributed by atoms with E-state index in [9.17, 15) is 4.79 Å². The van der Waals surface area contributed by atoms with Gasteiger partial charge in [0.1, 0.15) is 11.5 Å².